The quantitative estimate of drug-likeness (QED) is 0.345. The Kier molecular flexibility index (Phi) is 7.54. The molecule has 3 aromatic rings. The van der Waals surface area contributed by atoms with Gasteiger partial charge in [0.15, 0.2) is 5.79 Å². The first-order valence-corrected chi connectivity index (χ1v) is 16.2. The number of hydrogen-bond donors (Lipinski definition) is 0. The van der Waals surface area contributed by atoms with Gasteiger partial charge in [-0.1, -0.05) is 12.1 Å². The number of likely N-dealkylation sites (tertiary alicyclic amines) is 2. The van der Waals surface area contributed by atoms with E-state index in [1.54, 1.807) is 11.8 Å². The van der Waals surface area contributed by atoms with Gasteiger partial charge < -0.3 is 19.1 Å². The highest BCUT2D eigenvalue weighted by Crippen LogP contribution is 2.49. The number of fused-ring (bicyclic) bond motifs is 2. The Bertz CT molecular complexity index is 1460. The number of piperidine rings is 1. The molecule has 232 valence electrons. The largest absolute Gasteiger partial charge is 0.362 e. The summed E-state index contributed by atoms with van der Waals surface area (Å²) in [6.07, 6.45) is 3.81. The molecule has 4 aliphatic heterocycles. The number of benzene rings is 1. The fraction of sp³-hybridized carbons (Fsp3) is 0.613. The molecule has 1 aromatic carbocycles. The van der Waals surface area contributed by atoms with Gasteiger partial charge in [0.25, 0.3) is 5.92 Å². The van der Waals surface area contributed by atoms with Crippen molar-refractivity contribution >= 4 is 17.3 Å². The van der Waals surface area contributed by atoms with Crippen LogP contribution < -0.4 is 0 Å². The summed E-state index contributed by atoms with van der Waals surface area (Å²) < 4.78 is 64.8. The molecule has 0 saturated carbocycles. The van der Waals surface area contributed by atoms with Crippen LogP contribution in [-0.2, 0) is 20.6 Å². The minimum atomic E-state index is -2.76. The van der Waals surface area contributed by atoms with E-state index in [4.69, 9.17) is 14.2 Å². The molecule has 0 aliphatic carbocycles. The van der Waals surface area contributed by atoms with E-state index in [2.05, 4.69) is 15.0 Å². The molecule has 12 heteroatoms. The molecule has 7 rings (SSSR count). The van der Waals surface area contributed by atoms with Crippen molar-refractivity contribution in [3.05, 3.63) is 59.8 Å². The van der Waals surface area contributed by atoms with E-state index in [9.17, 15) is 4.39 Å². The number of halogens is 3. The van der Waals surface area contributed by atoms with Crippen LogP contribution >= 0.6 is 11.8 Å². The first kappa shape index (κ1) is 29.5. The number of ether oxygens (including phenoxy) is 3. The highest BCUT2D eigenvalue weighted by Gasteiger charge is 2.60. The Labute approximate surface area is 253 Å². The van der Waals surface area contributed by atoms with E-state index in [1.807, 2.05) is 53.8 Å². The molecule has 0 N–H and O–H groups in total. The standard InChI is InChI=1S/C31H38F3N5O3S/c1-29(2)41-26-24(40-25(27(26)42-29)22-8-9-23-28(43-3)35-19-36-39(22)23)16-38-18-31(33,34)17-30(38)11-14-37(15-12-30)13-10-20-4-6-21(32)7-5-20/h4-9,19,24-27H,10-18H2,1-3H3/t24-,25+,26-,27+/m1/s1. The maximum absolute atomic E-state index is 15.1. The van der Waals surface area contributed by atoms with E-state index in [0.29, 0.717) is 19.4 Å². The molecule has 2 aromatic heterocycles. The molecular formula is C31H38F3N5O3S. The molecule has 6 heterocycles. The molecule has 43 heavy (non-hydrogen) atoms. The van der Waals surface area contributed by atoms with Crippen LogP contribution in [0.15, 0.2) is 47.8 Å². The summed E-state index contributed by atoms with van der Waals surface area (Å²) in [6.45, 7) is 6.14. The minimum absolute atomic E-state index is 0.142. The zero-order chi connectivity index (χ0) is 30.0. The van der Waals surface area contributed by atoms with Crippen LogP contribution in [0.1, 0.15) is 50.5 Å². The first-order valence-electron chi connectivity index (χ1n) is 15.0. The number of thioether (sulfide) groups is 1. The zero-order valence-corrected chi connectivity index (χ0v) is 25.5. The Balaban J connectivity index is 1.08. The fourth-order valence-electron chi connectivity index (χ4n) is 7.57. The third-order valence-electron chi connectivity index (χ3n) is 9.58. The number of hydrogen-bond acceptors (Lipinski definition) is 8. The van der Waals surface area contributed by atoms with Gasteiger partial charge in [-0.25, -0.2) is 22.7 Å². The van der Waals surface area contributed by atoms with Crippen molar-refractivity contribution in [2.45, 2.75) is 86.2 Å². The van der Waals surface area contributed by atoms with Gasteiger partial charge in [0.2, 0.25) is 0 Å². The SMILES string of the molecule is CSc1ncnn2c([C@@H]3O[C@H](CN4CC(F)(F)CC45CCN(CCc4ccc(F)cc4)CC5)[C@H]4OC(C)(C)O[C@H]43)ccc12. The predicted octanol–water partition coefficient (Wildman–Crippen LogP) is 4.97. The number of nitrogens with zero attached hydrogens (tertiary/aromatic N) is 5. The lowest BCUT2D eigenvalue weighted by molar-refractivity contribution is -0.191. The van der Waals surface area contributed by atoms with Gasteiger partial charge in [0, 0.05) is 25.0 Å². The lowest BCUT2D eigenvalue weighted by Crippen LogP contribution is -2.55. The summed E-state index contributed by atoms with van der Waals surface area (Å²) in [4.78, 5) is 8.69. The second-order valence-electron chi connectivity index (χ2n) is 12.8. The van der Waals surface area contributed by atoms with Crippen molar-refractivity contribution in [1.82, 2.24) is 24.4 Å². The van der Waals surface area contributed by atoms with Crippen molar-refractivity contribution in [2.75, 3.05) is 39.0 Å². The van der Waals surface area contributed by atoms with Crippen molar-refractivity contribution in [3.63, 3.8) is 0 Å². The lowest BCUT2D eigenvalue weighted by Gasteiger charge is -2.45. The normalized spacial score (nSPS) is 30.0. The maximum Gasteiger partial charge on any atom is 0.262 e. The number of rotatable bonds is 7. The summed E-state index contributed by atoms with van der Waals surface area (Å²) in [5, 5.41) is 5.35. The molecule has 4 fully saturated rings. The summed E-state index contributed by atoms with van der Waals surface area (Å²) in [5.41, 5.74) is 2.20. The van der Waals surface area contributed by atoms with Crippen LogP contribution in [0, 0.1) is 5.82 Å². The third kappa shape index (κ3) is 5.59. The maximum atomic E-state index is 15.1. The van der Waals surface area contributed by atoms with Crippen molar-refractivity contribution in [2.24, 2.45) is 0 Å². The molecule has 0 amide bonds. The minimum Gasteiger partial charge on any atom is -0.362 e. The lowest BCUT2D eigenvalue weighted by atomic mass is 9.84. The van der Waals surface area contributed by atoms with E-state index in [0.717, 1.165) is 47.9 Å². The molecule has 0 bridgehead atoms. The van der Waals surface area contributed by atoms with E-state index in [-0.39, 0.29) is 18.8 Å². The Hall–Kier alpha value is -2.22. The molecule has 4 aliphatic rings. The molecule has 1 spiro atoms. The predicted molar refractivity (Wildman–Crippen MR) is 156 cm³/mol. The monoisotopic (exact) mass is 617 g/mol. The van der Waals surface area contributed by atoms with Crippen LogP contribution in [0.3, 0.4) is 0 Å². The van der Waals surface area contributed by atoms with Crippen LogP contribution in [0.5, 0.6) is 0 Å². The second-order valence-corrected chi connectivity index (χ2v) is 13.6. The molecule has 0 radical (unpaired) electrons. The highest BCUT2D eigenvalue weighted by molar-refractivity contribution is 7.98. The molecular weight excluding hydrogens is 579 g/mol. The van der Waals surface area contributed by atoms with E-state index < -0.39 is 41.7 Å². The summed E-state index contributed by atoms with van der Waals surface area (Å²) in [6, 6.07) is 10.5. The van der Waals surface area contributed by atoms with Gasteiger partial charge in [-0.05, 0) is 82.3 Å². The van der Waals surface area contributed by atoms with Gasteiger partial charge in [-0.2, -0.15) is 5.10 Å². The molecule has 4 saturated heterocycles. The van der Waals surface area contributed by atoms with Gasteiger partial charge in [-0.3, -0.25) is 4.90 Å². The van der Waals surface area contributed by atoms with Gasteiger partial charge in [0.1, 0.15) is 41.6 Å². The van der Waals surface area contributed by atoms with Crippen molar-refractivity contribution < 1.29 is 27.4 Å². The first-order chi connectivity index (χ1) is 20.5. The summed E-state index contributed by atoms with van der Waals surface area (Å²) >= 11 is 1.55. The molecule has 0 unspecified atom stereocenters. The van der Waals surface area contributed by atoms with Gasteiger partial charge in [0.05, 0.1) is 17.8 Å². The Morgan fingerprint density at radius 1 is 1.02 bits per heavy atom. The number of aromatic nitrogens is 3. The van der Waals surface area contributed by atoms with Gasteiger partial charge in [-0.15, -0.1) is 11.8 Å². The van der Waals surface area contributed by atoms with Crippen LogP contribution in [0.4, 0.5) is 13.2 Å². The van der Waals surface area contributed by atoms with E-state index in [1.165, 1.54) is 18.5 Å². The van der Waals surface area contributed by atoms with Crippen LogP contribution in [0.25, 0.3) is 5.52 Å². The summed E-state index contributed by atoms with van der Waals surface area (Å²) in [7, 11) is 0. The Morgan fingerprint density at radius 3 is 2.51 bits per heavy atom. The Morgan fingerprint density at radius 2 is 1.77 bits per heavy atom. The van der Waals surface area contributed by atoms with Crippen LogP contribution in [-0.4, -0.2) is 98.9 Å². The highest BCUT2D eigenvalue weighted by atomic mass is 32.2. The fourth-order valence-corrected chi connectivity index (χ4v) is 8.08. The smallest absolute Gasteiger partial charge is 0.262 e. The molecule has 4 atom stereocenters. The average molecular weight is 618 g/mol. The number of alkyl halides is 2. The van der Waals surface area contributed by atoms with Gasteiger partial charge >= 0.3 is 0 Å². The summed E-state index contributed by atoms with van der Waals surface area (Å²) in [5.74, 6) is -3.82. The van der Waals surface area contributed by atoms with Crippen molar-refractivity contribution in [1.29, 1.82) is 0 Å². The zero-order valence-electron chi connectivity index (χ0n) is 24.7. The topological polar surface area (TPSA) is 64.4 Å². The molecule has 8 nitrogen and oxygen atoms in total. The second kappa shape index (κ2) is 11.0. The third-order valence-corrected chi connectivity index (χ3v) is 10.3. The average Bonchev–Trinajstić information content (AvgIpc) is 3.69. The van der Waals surface area contributed by atoms with Crippen molar-refractivity contribution in [3.8, 4) is 0 Å². The van der Waals surface area contributed by atoms with Crippen LogP contribution in [0.2, 0.25) is 0 Å². The van der Waals surface area contributed by atoms with E-state index >= 15 is 8.78 Å².